The molecular weight excluding hydrogens is 274 g/mol. The summed E-state index contributed by atoms with van der Waals surface area (Å²) in [5.41, 5.74) is 9.72. The summed E-state index contributed by atoms with van der Waals surface area (Å²) in [6.07, 6.45) is 5.00. The molecule has 0 aromatic carbocycles. The third kappa shape index (κ3) is 2.38. The Morgan fingerprint density at radius 1 is 1.40 bits per heavy atom. The van der Waals surface area contributed by atoms with Gasteiger partial charge in [-0.25, -0.2) is 9.97 Å². The first-order valence-corrected chi connectivity index (χ1v) is 7.25. The average Bonchev–Trinajstić information content (AvgIpc) is 2.60. The van der Waals surface area contributed by atoms with Crippen molar-refractivity contribution in [2.24, 2.45) is 13.0 Å². The summed E-state index contributed by atoms with van der Waals surface area (Å²) in [4.78, 5) is 8.18. The summed E-state index contributed by atoms with van der Waals surface area (Å²) >= 11 is 5.98. The van der Waals surface area contributed by atoms with E-state index in [0.717, 1.165) is 18.0 Å². The van der Waals surface area contributed by atoms with E-state index < -0.39 is 0 Å². The van der Waals surface area contributed by atoms with Gasteiger partial charge >= 0.3 is 0 Å². The predicted octanol–water partition coefficient (Wildman–Crippen LogP) is 2.76. The van der Waals surface area contributed by atoms with Crippen molar-refractivity contribution < 1.29 is 0 Å². The lowest BCUT2D eigenvalue weighted by atomic mass is 9.80. The van der Waals surface area contributed by atoms with Crippen LogP contribution in [0.3, 0.4) is 0 Å². The van der Waals surface area contributed by atoms with E-state index in [9.17, 15) is 0 Å². The van der Waals surface area contributed by atoms with Gasteiger partial charge in [0.1, 0.15) is 10.8 Å². The van der Waals surface area contributed by atoms with Crippen LogP contribution in [0.25, 0.3) is 11.4 Å². The van der Waals surface area contributed by atoms with E-state index in [1.165, 1.54) is 30.5 Å². The van der Waals surface area contributed by atoms with Gasteiger partial charge in [0.05, 0.1) is 5.69 Å². The van der Waals surface area contributed by atoms with E-state index in [0.29, 0.717) is 10.8 Å². The first kappa shape index (κ1) is 13.4. The van der Waals surface area contributed by atoms with Gasteiger partial charge in [0.25, 0.3) is 0 Å². The zero-order valence-electron chi connectivity index (χ0n) is 11.7. The second kappa shape index (κ2) is 5.05. The number of hydrogen-bond donors (Lipinski definition) is 1. The van der Waals surface area contributed by atoms with E-state index in [4.69, 9.17) is 17.3 Å². The van der Waals surface area contributed by atoms with Crippen LogP contribution < -0.4 is 5.73 Å². The zero-order valence-corrected chi connectivity index (χ0v) is 12.5. The molecule has 20 heavy (non-hydrogen) atoms. The van der Waals surface area contributed by atoms with Gasteiger partial charge in [-0.15, -0.1) is 0 Å². The molecule has 6 heteroatoms. The van der Waals surface area contributed by atoms with Gasteiger partial charge in [0.15, 0.2) is 0 Å². The fraction of sp³-hybridized carbons (Fsp3) is 0.500. The van der Waals surface area contributed by atoms with Gasteiger partial charge < -0.3 is 5.73 Å². The van der Waals surface area contributed by atoms with Crippen LogP contribution in [0.15, 0.2) is 6.07 Å². The standard InChI is InChI=1S/C14H18ClN5/c1-8-10(6-9-4-3-5-9)13(19-20(8)2)11-7-12(15)18-14(16)17-11/h7,9H,3-6H2,1-2H3,(H2,16,17,18). The highest BCUT2D eigenvalue weighted by atomic mass is 35.5. The Bertz CT molecular complexity index is 625. The van der Waals surface area contributed by atoms with Crippen molar-refractivity contribution in [3.05, 3.63) is 22.5 Å². The Balaban J connectivity index is 2.05. The van der Waals surface area contributed by atoms with E-state index in [1.54, 1.807) is 6.07 Å². The first-order chi connectivity index (χ1) is 9.54. The topological polar surface area (TPSA) is 69.6 Å². The highest BCUT2D eigenvalue weighted by molar-refractivity contribution is 6.29. The molecule has 1 saturated carbocycles. The first-order valence-electron chi connectivity index (χ1n) is 6.87. The highest BCUT2D eigenvalue weighted by Gasteiger charge is 2.24. The normalized spacial score (nSPS) is 15.3. The molecule has 0 aliphatic heterocycles. The molecule has 2 aromatic heterocycles. The molecule has 1 aliphatic carbocycles. The molecule has 2 aromatic rings. The second-order valence-electron chi connectivity index (χ2n) is 5.47. The quantitative estimate of drug-likeness (QED) is 0.883. The summed E-state index contributed by atoms with van der Waals surface area (Å²) in [6.45, 7) is 2.09. The van der Waals surface area contributed by atoms with Crippen molar-refractivity contribution in [1.29, 1.82) is 0 Å². The number of aryl methyl sites for hydroxylation is 1. The van der Waals surface area contributed by atoms with Crippen LogP contribution in [0.5, 0.6) is 0 Å². The second-order valence-corrected chi connectivity index (χ2v) is 5.86. The Labute approximate surface area is 123 Å². The molecule has 0 amide bonds. The van der Waals surface area contributed by atoms with Gasteiger partial charge in [-0.3, -0.25) is 4.68 Å². The van der Waals surface area contributed by atoms with Crippen molar-refractivity contribution in [2.75, 3.05) is 5.73 Å². The lowest BCUT2D eigenvalue weighted by Crippen LogP contribution is -2.14. The molecule has 5 nitrogen and oxygen atoms in total. The van der Waals surface area contributed by atoms with Crippen LogP contribution >= 0.6 is 11.6 Å². The molecule has 0 unspecified atom stereocenters. The fourth-order valence-corrected chi connectivity index (χ4v) is 2.83. The van der Waals surface area contributed by atoms with Crippen LogP contribution in [0.2, 0.25) is 5.15 Å². The minimum atomic E-state index is 0.186. The zero-order chi connectivity index (χ0) is 14.3. The molecule has 106 valence electrons. The molecule has 0 spiro atoms. The van der Waals surface area contributed by atoms with Crippen molar-refractivity contribution >= 4 is 17.5 Å². The molecule has 2 heterocycles. The lowest BCUT2D eigenvalue weighted by molar-refractivity contribution is 0.314. The highest BCUT2D eigenvalue weighted by Crippen LogP contribution is 2.34. The van der Waals surface area contributed by atoms with Crippen LogP contribution in [0.1, 0.15) is 30.5 Å². The van der Waals surface area contributed by atoms with Crippen LogP contribution in [-0.4, -0.2) is 19.7 Å². The number of halogens is 1. The maximum atomic E-state index is 5.98. The minimum Gasteiger partial charge on any atom is -0.368 e. The number of nitrogens with zero attached hydrogens (tertiary/aromatic N) is 4. The van der Waals surface area contributed by atoms with Crippen LogP contribution in [-0.2, 0) is 13.5 Å². The van der Waals surface area contributed by atoms with Gasteiger partial charge in [-0.1, -0.05) is 30.9 Å². The third-order valence-corrected chi connectivity index (χ3v) is 4.32. The molecule has 0 saturated heterocycles. The Kier molecular flexibility index (Phi) is 3.38. The van der Waals surface area contributed by atoms with E-state index in [1.807, 2.05) is 11.7 Å². The van der Waals surface area contributed by atoms with Crippen molar-refractivity contribution in [3.63, 3.8) is 0 Å². The Hall–Kier alpha value is -1.62. The monoisotopic (exact) mass is 291 g/mol. The molecule has 0 bridgehead atoms. The molecule has 0 radical (unpaired) electrons. The van der Waals surface area contributed by atoms with Crippen LogP contribution in [0.4, 0.5) is 5.95 Å². The maximum Gasteiger partial charge on any atom is 0.222 e. The lowest BCUT2D eigenvalue weighted by Gasteiger charge is -2.25. The van der Waals surface area contributed by atoms with Crippen LogP contribution in [0, 0.1) is 12.8 Å². The molecule has 3 rings (SSSR count). The van der Waals surface area contributed by atoms with E-state index in [-0.39, 0.29) is 5.95 Å². The number of aromatic nitrogens is 4. The summed E-state index contributed by atoms with van der Waals surface area (Å²) in [5, 5.41) is 4.94. The molecule has 1 fully saturated rings. The SMILES string of the molecule is Cc1c(CC2CCC2)c(-c2cc(Cl)nc(N)n2)nn1C. The maximum absolute atomic E-state index is 5.98. The summed E-state index contributed by atoms with van der Waals surface area (Å²) in [7, 11) is 1.95. The summed E-state index contributed by atoms with van der Waals surface area (Å²) in [5.74, 6) is 0.955. The van der Waals surface area contributed by atoms with Crippen molar-refractivity contribution in [1.82, 2.24) is 19.7 Å². The number of hydrogen-bond acceptors (Lipinski definition) is 4. The molecule has 2 N–H and O–H groups in total. The minimum absolute atomic E-state index is 0.186. The Morgan fingerprint density at radius 3 is 2.75 bits per heavy atom. The van der Waals surface area contributed by atoms with E-state index in [2.05, 4.69) is 22.0 Å². The third-order valence-electron chi connectivity index (χ3n) is 4.13. The van der Waals surface area contributed by atoms with Gasteiger partial charge in [-0.2, -0.15) is 5.10 Å². The number of nitrogen functional groups attached to an aromatic ring is 1. The van der Waals surface area contributed by atoms with E-state index >= 15 is 0 Å². The number of nitrogens with two attached hydrogens (primary N) is 1. The van der Waals surface area contributed by atoms with Gasteiger partial charge in [-0.05, 0) is 19.3 Å². The molecule has 1 aliphatic rings. The summed E-state index contributed by atoms with van der Waals surface area (Å²) < 4.78 is 1.90. The fourth-order valence-electron chi connectivity index (χ4n) is 2.64. The largest absolute Gasteiger partial charge is 0.368 e. The van der Waals surface area contributed by atoms with Gasteiger partial charge in [0.2, 0.25) is 5.95 Å². The molecule has 0 atom stereocenters. The average molecular weight is 292 g/mol. The number of anilines is 1. The van der Waals surface area contributed by atoms with Crippen molar-refractivity contribution in [3.8, 4) is 11.4 Å². The summed E-state index contributed by atoms with van der Waals surface area (Å²) in [6, 6.07) is 1.73. The van der Waals surface area contributed by atoms with Gasteiger partial charge in [0, 0.05) is 24.4 Å². The molecular formula is C14H18ClN5. The van der Waals surface area contributed by atoms with Crippen molar-refractivity contribution in [2.45, 2.75) is 32.6 Å². The Morgan fingerprint density at radius 2 is 2.15 bits per heavy atom. The smallest absolute Gasteiger partial charge is 0.222 e. The number of rotatable bonds is 3. The predicted molar refractivity (Wildman–Crippen MR) is 79.4 cm³/mol.